The van der Waals surface area contributed by atoms with Gasteiger partial charge in [-0.05, 0) is 76.8 Å². The van der Waals surface area contributed by atoms with Crippen LogP contribution in [0.5, 0.6) is 11.5 Å². The van der Waals surface area contributed by atoms with Crippen LogP contribution in [-0.4, -0.2) is 25.8 Å². The molecule has 0 bridgehead atoms. The van der Waals surface area contributed by atoms with Gasteiger partial charge >= 0.3 is 0 Å². The Morgan fingerprint density at radius 3 is 2.61 bits per heavy atom. The van der Waals surface area contributed by atoms with E-state index in [1.54, 1.807) is 31.5 Å². The average Bonchev–Trinajstić information content (AvgIpc) is 2.74. The summed E-state index contributed by atoms with van der Waals surface area (Å²) in [6, 6.07) is 16.9. The Bertz CT molecular complexity index is 1130. The molecule has 0 aliphatic rings. The molecule has 0 unspecified atom stereocenters. The van der Waals surface area contributed by atoms with Crippen LogP contribution in [0.2, 0.25) is 5.02 Å². The first kappa shape index (κ1) is 22.8. The van der Waals surface area contributed by atoms with E-state index in [4.69, 9.17) is 21.1 Å². The number of nitrogens with zero attached hydrogens (tertiary/aromatic N) is 1. The van der Waals surface area contributed by atoms with Crippen molar-refractivity contribution in [2.45, 2.75) is 13.8 Å². The van der Waals surface area contributed by atoms with Crippen LogP contribution in [0.15, 0.2) is 64.1 Å². The molecule has 3 aromatic rings. The van der Waals surface area contributed by atoms with Gasteiger partial charge in [-0.3, -0.25) is 9.79 Å². The van der Waals surface area contributed by atoms with Crippen molar-refractivity contribution in [2.24, 2.45) is 4.99 Å². The number of halogens is 2. The predicted octanol–water partition coefficient (Wildman–Crippen LogP) is 6.50. The lowest BCUT2D eigenvalue weighted by Crippen LogP contribution is -2.20. The first-order chi connectivity index (χ1) is 14.9. The van der Waals surface area contributed by atoms with Crippen LogP contribution >= 0.6 is 27.5 Å². The summed E-state index contributed by atoms with van der Waals surface area (Å²) in [4.78, 5) is 16.8. The lowest BCUT2D eigenvalue weighted by atomic mass is 10.2. The molecule has 0 spiro atoms. The Balaban J connectivity index is 1.70. The van der Waals surface area contributed by atoms with Crippen LogP contribution in [0, 0.1) is 13.8 Å². The van der Waals surface area contributed by atoms with Crippen molar-refractivity contribution in [3.05, 3.63) is 80.8 Å². The van der Waals surface area contributed by atoms with E-state index < -0.39 is 0 Å². The van der Waals surface area contributed by atoms with E-state index in [1.807, 2.05) is 50.2 Å². The normalized spacial score (nSPS) is 10.9. The molecule has 1 amide bonds. The third-order valence-electron chi connectivity index (χ3n) is 4.52. The molecule has 0 saturated carbocycles. The number of aliphatic imine (C=N–C) groups is 1. The number of methoxy groups -OCH3 is 1. The van der Waals surface area contributed by atoms with Crippen LogP contribution in [0.25, 0.3) is 0 Å². The van der Waals surface area contributed by atoms with Crippen LogP contribution in [0.4, 0.5) is 11.4 Å². The quantitative estimate of drug-likeness (QED) is 0.376. The minimum atomic E-state index is -0.306. The molecule has 31 heavy (non-hydrogen) atoms. The number of nitrogens with one attached hydrogen (secondary N) is 1. The van der Waals surface area contributed by atoms with Gasteiger partial charge in [0.1, 0.15) is 0 Å². The third-order valence-corrected chi connectivity index (χ3v) is 5.52. The SMILES string of the molecule is COc1cc(C=Nc2ccccc2C)cc(Br)c1OCC(=O)Nc1ccc(C)c(Cl)c1. The zero-order chi connectivity index (χ0) is 22.4. The summed E-state index contributed by atoms with van der Waals surface area (Å²) in [7, 11) is 1.55. The molecule has 0 radical (unpaired) electrons. The standard InChI is InChI=1S/C24H22BrClN2O3/c1-15-8-9-18(12-20(15)26)28-23(29)14-31-24-19(25)10-17(11-22(24)30-3)13-27-21-7-5-4-6-16(21)2/h4-13H,14H2,1-3H3,(H,28,29). The molecule has 160 valence electrons. The third kappa shape index (κ3) is 6.09. The monoisotopic (exact) mass is 500 g/mol. The van der Waals surface area contributed by atoms with E-state index in [2.05, 4.69) is 26.2 Å². The number of hydrogen-bond donors (Lipinski definition) is 1. The Morgan fingerprint density at radius 1 is 1.13 bits per heavy atom. The molecule has 0 aromatic heterocycles. The number of carbonyl (C=O) groups is 1. The van der Waals surface area contributed by atoms with Crippen molar-refractivity contribution < 1.29 is 14.3 Å². The van der Waals surface area contributed by atoms with Gasteiger partial charge in [0.15, 0.2) is 18.1 Å². The molecule has 3 rings (SSSR count). The minimum absolute atomic E-state index is 0.183. The summed E-state index contributed by atoms with van der Waals surface area (Å²) in [5, 5.41) is 3.36. The lowest BCUT2D eigenvalue weighted by Gasteiger charge is -2.14. The maximum atomic E-state index is 12.3. The van der Waals surface area contributed by atoms with Crippen molar-refractivity contribution in [2.75, 3.05) is 19.0 Å². The second kappa shape index (κ2) is 10.5. The van der Waals surface area contributed by atoms with Gasteiger partial charge in [0.05, 0.1) is 17.3 Å². The van der Waals surface area contributed by atoms with Gasteiger partial charge in [-0.1, -0.05) is 35.9 Å². The van der Waals surface area contributed by atoms with Gasteiger partial charge in [-0.15, -0.1) is 0 Å². The average molecular weight is 502 g/mol. The highest BCUT2D eigenvalue weighted by atomic mass is 79.9. The van der Waals surface area contributed by atoms with Gasteiger partial charge in [-0.25, -0.2) is 0 Å². The van der Waals surface area contributed by atoms with Gasteiger partial charge in [0.2, 0.25) is 0 Å². The Hall–Kier alpha value is -2.83. The minimum Gasteiger partial charge on any atom is -0.493 e. The first-order valence-electron chi connectivity index (χ1n) is 9.53. The van der Waals surface area contributed by atoms with E-state index in [0.717, 1.165) is 22.4 Å². The van der Waals surface area contributed by atoms with Gasteiger partial charge < -0.3 is 14.8 Å². The number of carbonyl (C=O) groups excluding carboxylic acids is 1. The Labute approximate surface area is 195 Å². The second-order valence-corrected chi connectivity index (χ2v) is 8.14. The topological polar surface area (TPSA) is 59.9 Å². The Kier molecular flexibility index (Phi) is 7.71. The fourth-order valence-electron chi connectivity index (χ4n) is 2.81. The molecule has 0 aliphatic heterocycles. The van der Waals surface area contributed by atoms with Gasteiger partial charge in [-0.2, -0.15) is 0 Å². The van der Waals surface area contributed by atoms with E-state index in [-0.39, 0.29) is 12.5 Å². The zero-order valence-electron chi connectivity index (χ0n) is 17.4. The van der Waals surface area contributed by atoms with Crippen LogP contribution in [0.1, 0.15) is 16.7 Å². The van der Waals surface area contributed by atoms with Crippen molar-refractivity contribution in [3.8, 4) is 11.5 Å². The number of rotatable bonds is 7. The summed E-state index contributed by atoms with van der Waals surface area (Å²) in [5.74, 6) is 0.624. The highest BCUT2D eigenvalue weighted by Crippen LogP contribution is 2.36. The number of anilines is 1. The highest BCUT2D eigenvalue weighted by Gasteiger charge is 2.14. The lowest BCUT2D eigenvalue weighted by molar-refractivity contribution is -0.118. The molecule has 0 heterocycles. The molecule has 0 aliphatic carbocycles. The van der Waals surface area contributed by atoms with Crippen molar-refractivity contribution in [1.29, 1.82) is 0 Å². The van der Waals surface area contributed by atoms with Crippen LogP contribution < -0.4 is 14.8 Å². The zero-order valence-corrected chi connectivity index (χ0v) is 19.8. The summed E-state index contributed by atoms with van der Waals surface area (Å²) < 4.78 is 11.8. The van der Waals surface area contributed by atoms with E-state index in [1.165, 1.54) is 0 Å². The summed E-state index contributed by atoms with van der Waals surface area (Å²) in [6.45, 7) is 3.73. The van der Waals surface area contributed by atoms with Crippen molar-refractivity contribution in [1.82, 2.24) is 0 Å². The van der Waals surface area contributed by atoms with Crippen molar-refractivity contribution >= 4 is 51.0 Å². The smallest absolute Gasteiger partial charge is 0.262 e. The Morgan fingerprint density at radius 2 is 1.90 bits per heavy atom. The maximum absolute atomic E-state index is 12.3. The number of para-hydroxylation sites is 1. The molecular weight excluding hydrogens is 480 g/mol. The first-order valence-corrected chi connectivity index (χ1v) is 10.7. The largest absolute Gasteiger partial charge is 0.493 e. The summed E-state index contributed by atoms with van der Waals surface area (Å²) >= 11 is 9.60. The van der Waals surface area contributed by atoms with Crippen molar-refractivity contribution in [3.63, 3.8) is 0 Å². The number of hydrogen-bond acceptors (Lipinski definition) is 4. The van der Waals surface area contributed by atoms with Crippen LogP contribution in [-0.2, 0) is 4.79 Å². The number of benzene rings is 3. The molecule has 0 atom stereocenters. The molecule has 1 N–H and O–H groups in total. The fraction of sp³-hybridized carbons (Fsp3) is 0.167. The molecule has 3 aromatic carbocycles. The molecular formula is C24H22BrClN2O3. The highest BCUT2D eigenvalue weighted by molar-refractivity contribution is 9.10. The molecule has 0 saturated heterocycles. The predicted molar refractivity (Wildman–Crippen MR) is 129 cm³/mol. The van der Waals surface area contributed by atoms with Gasteiger partial charge in [0.25, 0.3) is 5.91 Å². The van der Waals surface area contributed by atoms with Crippen LogP contribution in [0.3, 0.4) is 0 Å². The molecule has 7 heteroatoms. The van der Waals surface area contributed by atoms with E-state index >= 15 is 0 Å². The van der Waals surface area contributed by atoms with Gasteiger partial charge in [0, 0.05) is 16.9 Å². The number of aryl methyl sites for hydroxylation is 2. The molecule has 0 fully saturated rings. The van der Waals surface area contributed by atoms with E-state index in [9.17, 15) is 4.79 Å². The number of amides is 1. The fourth-order valence-corrected chi connectivity index (χ4v) is 3.57. The number of ether oxygens (including phenoxy) is 2. The summed E-state index contributed by atoms with van der Waals surface area (Å²) in [6.07, 6.45) is 1.76. The second-order valence-electron chi connectivity index (χ2n) is 6.88. The van der Waals surface area contributed by atoms with E-state index in [0.29, 0.717) is 26.7 Å². The maximum Gasteiger partial charge on any atom is 0.262 e. The summed E-state index contributed by atoms with van der Waals surface area (Å²) in [5.41, 5.74) is 4.36. The molecule has 5 nitrogen and oxygen atoms in total.